The lowest BCUT2D eigenvalue weighted by molar-refractivity contribution is 0.270. The summed E-state index contributed by atoms with van der Waals surface area (Å²) in [6.07, 6.45) is 6.16. The third-order valence-corrected chi connectivity index (χ3v) is 4.47. The molecule has 2 aromatic rings. The average molecular weight is 298 g/mol. The van der Waals surface area contributed by atoms with Crippen LogP contribution in [0.25, 0.3) is 10.9 Å². The van der Waals surface area contributed by atoms with Crippen molar-refractivity contribution in [3.8, 4) is 0 Å². The Hall–Kier alpha value is -1.94. The molecule has 3 rings (SSSR count). The number of rotatable bonds is 3. The minimum atomic E-state index is -0.278. The molecule has 1 aromatic carbocycles. The van der Waals surface area contributed by atoms with Crippen LogP contribution >= 0.6 is 0 Å². The molecule has 0 saturated heterocycles. The molecule has 0 radical (unpaired) electrons. The van der Waals surface area contributed by atoms with E-state index in [-0.39, 0.29) is 5.56 Å². The highest BCUT2D eigenvalue weighted by Crippen LogP contribution is 2.36. The predicted molar refractivity (Wildman–Crippen MR) is 89.2 cm³/mol. The van der Waals surface area contributed by atoms with Gasteiger partial charge in [0.15, 0.2) is 0 Å². The van der Waals surface area contributed by atoms with Gasteiger partial charge >= 0.3 is 0 Å². The van der Waals surface area contributed by atoms with Crippen molar-refractivity contribution in [3.05, 3.63) is 45.7 Å². The van der Waals surface area contributed by atoms with Gasteiger partial charge in [0.25, 0.3) is 5.56 Å². The molecule has 22 heavy (non-hydrogen) atoms. The number of anilines is 1. The highest BCUT2D eigenvalue weighted by atomic mass is 16.6. The number of hydrogen-bond donors (Lipinski definition) is 1. The van der Waals surface area contributed by atoms with Crippen molar-refractivity contribution in [2.75, 3.05) is 12.6 Å². The Morgan fingerprint density at radius 1 is 1.18 bits per heavy atom. The Kier molecular flexibility index (Phi) is 4.39. The number of benzene rings is 1. The van der Waals surface area contributed by atoms with Gasteiger partial charge in [-0.1, -0.05) is 31.4 Å². The summed E-state index contributed by atoms with van der Waals surface area (Å²) in [7, 11) is 1.51. The molecule has 0 amide bonds. The van der Waals surface area contributed by atoms with E-state index in [1.165, 1.54) is 44.8 Å². The SMILES string of the molecule is CONc1cc(C2CCCCC2)c2ccc(C)cc2nc1=O. The third kappa shape index (κ3) is 2.97. The normalized spacial score (nSPS) is 15.9. The van der Waals surface area contributed by atoms with Crippen molar-refractivity contribution in [1.82, 2.24) is 4.98 Å². The van der Waals surface area contributed by atoms with Crippen LogP contribution in [0.15, 0.2) is 29.1 Å². The number of aromatic nitrogens is 1. The maximum Gasteiger partial charge on any atom is 0.295 e. The Morgan fingerprint density at radius 2 is 1.95 bits per heavy atom. The van der Waals surface area contributed by atoms with Gasteiger partial charge in [-0.25, -0.2) is 4.98 Å². The van der Waals surface area contributed by atoms with E-state index < -0.39 is 0 Å². The van der Waals surface area contributed by atoms with Crippen LogP contribution in [0, 0.1) is 6.92 Å². The fraction of sp³-hybridized carbons (Fsp3) is 0.444. The number of aryl methyl sites for hydroxylation is 1. The molecule has 1 aliphatic carbocycles. The second-order valence-electron chi connectivity index (χ2n) is 6.09. The zero-order chi connectivity index (χ0) is 15.5. The monoisotopic (exact) mass is 298 g/mol. The topological polar surface area (TPSA) is 51.2 Å². The second-order valence-corrected chi connectivity index (χ2v) is 6.09. The summed E-state index contributed by atoms with van der Waals surface area (Å²) in [5.41, 5.74) is 5.92. The maximum atomic E-state index is 12.3. The van der Waals surface area contributed by atoms with Crippen molar-refractivity contribution in [3.63, 3.8) is 0 Å². The second kappa shape index (κ2) is 6.44. The zero-order valence-corrected chi connectivity index (χ0v) is 13.2. The van der Waals surface area contributed by atoms with Crippen LogP contribution in [0.4, 0.5) is 5.69 Å². The van der Waals surface area contributed by atoms with Crippen molar-refractivity contribution in [2.24, 2.45) is 0 Å². The van der Waals surface area contributed by atoms with Crippen LogP contribution in [0.2, 0.25) is 0 Å². The lowest BCUT2D eigenvalue weighted by atomic mass is 9.83. The largest absolute Gasteiger partial charge is 0.295 e. The first kappa shape index (κ1) is 15.0. The zero-order valence-electron chi connectivity index (χ0n) is 13.2. The van der Waals surface area contributed by atoms with Crippen LogP contribution in [0.3, 0.4) is 0 Å². The smallest absolute Gasteiger partial charge is 0.279 e. The van der Waals surface area contributed by atoms with Crippen molar-refractivity contribution in [2.45, 2.75) is 44.9 Å². The molecule has 0 atom stereocenters. The first-order valence-corrected chi connectivity index (χ1v) is 7.93. The van der Waals surface area contributed by atoms with E-state index in [9.17, 15) is 4.79 Å². The van der Waals surface area contributed by atoms with Crippen LogP contribution in [0.1, 0.15) is 49.1 Å². The van der Waals surface area contributed by atoms with Crippen molar-refractivity contribution >= 4 is 16.6 Å². The highest BCUT2D eigenvalue weighted by Gasteiger charge is 2.19. The molecule has 4 heteroatoms. The summed E-state index contributed by atoms with van der Waals surface area (Å²) < 4.78 is 0. The predicted octanol–water partition coefficient (Wildman–Crippen LogP) is 3.92. The van der Waals surface area contributed by atoms with Crippen LogP contribution in [-0.4, -0.2) is 12.1 Å². The van der Waals surface area contributed by atoms with E-state index in [4.69, 9.17) is 4.84 Å². The Labute approximate surface area is 130 Å². The molecule has 1 N–H and O–H groups in total. The van der Waals surface area contributed by atoms with Crippen LogP contribution < -0.4 is 11.0 Å². The highest BCUT2D eigenvalue weighted by molar-refractivity contribution is 5.83. The molecular formula is C18H22N2O2. The van der Waals surface area contributed by atoms with Gasteiger partial charge in [-0.2, -0.15) is 0 Å². The summed E-state index contributed by atoms with van der Waals surface area (Å²) in [6.45, 7) is 2.02. The Balaban J connectivity index is 2.26. The lowest BCUT2D eigenvalue weighted by Crippen LogP contribution is -2.11. The molecular weight excluding hydrogens is 276 g/mol. The average Bonchev–Trinajstić information content (AvgIpc) is 2.65. The number of nitrogens with zero attached hydrogens (tertiary/aromatic N) is 1. The van der Waals surface area contributed by atoms with Crippen molar-refractivity contribution in [1.29, 1.82) is 0 Å². The van der Waals surface area contributed by atoms with Gasteiger partial charge in [-0.05, 0) is 48.9 Å². The molecule has 0 bridgehead atoms. The van der Waals surface area contributed by atoms with E-state index in [1.807, 2.05) is 19.1 Å². The summed E-state index contributed by atoms with van der Waals surface area (Å²) in [5.74, 6) is 0.491. The van der Waals surface area contributed by atoms with Gasteiger partial charge in [0.1, 0.15) is 5.69 Å². The van der Waals surface area contributed by atoms with Crippen LogP contribution in [0.5, 0.6) is 0 Å². The molecule has 1 fully saturated rings. The van der Waals surface area contributed by atoms with Gasteiger partial charge < -0.3 is 0 Å². The Morgan fingerprint density at radius 3 is 2.68 bits per heavy atom. The molecule has 1 aliphatic rings. The summed E-state index contributed by atoms with van der Waals surface area (Å²) in [4.78, 5) is 21.5. The van der Waals surface area contributed by atoms with Gasteiger partial charge in [0.2, 0.25) is 0 Å². The van der Waals surface area contributed by atoms with Gasteiger partial charge in [0.05, 0.1) is 12.6 Å². The van der Waals surface area contributed by atoms with Gasteiger partial charge in [-0.3, -0.25) is 15.1 Å². The summed E-state index contributed by atoms with van der Waals surface area (Å²) in [6, 6.07) is 8.11. The number of hydrogen-bond acceptors (Lipinski definition) is 4. The summed E-state index contributed by atoms with van der Waals surface area (Å²) >= 11 is 0. The van der Waals surface area contributed by atoms with E-state index in [1.54, 1.807) is 0 Å². The first-order valence-electron chi connectivity index (χ1n) is 7.93. The van der Waals surface area contributed by atoms with E-state index >= 15 is 0 Å². The van der Waals surface area contributed by atoms with Gasteiger partial charge in [-0.15, -0.1) is 0 Å². The minimum absolute atomic E-state index is 0.278. The maximum absolute atomic E-state index is 12.3. The number of nitrogens with one attached hydrogen (secondary N) is 1. The quantitative estimate of drug-likeness (QED) is 0.872. The van der Waals surface area contributed by atoms with Crippen molar-refractivity contribution < 1.29 is 4.84 Å². The number of fused-ring (bicyclic) bond motifs is 1. The van der Waals surface area contributed by atoms with Gasteiger partial charge in [0, 0.05) is 5.39 Å². The lowest BCUT2D eigenvalue weighted by Gasteiger charge is -2.22. The molecule has 1 heterocycles. The molecule has 116 valence electrons. The van der Waals surface area contributed by atoms with Crippen LogP contribution in [-0.2, 0) is 4.84 Å². The standard InChI is InChI=1S/C18H22N2O2/c1-12-8-9-14-15(13-6-4-3-5-7-13)11-17(20-22-2)18(21)19-16(14)10-12/h8-11,13H,3-7H2,1-2H3,(H,19,20,21). The molecule has 4 nitrogen and oxygen atoms in total. The Bertz CT molecular complexity index is 737. The van der Waals surface area contributed by atoms with E-state index in [0.717, 1.165) is 16.5 Å². The first-order chi connectivity index (χ1) is 10.7. The fourth-order valence-electron chi connectivity index (χ4n) is 3.38. The third-order valence-electron chi connectivity index (χ3n) is 4.47. The molecule has 0 aliphatic heterocycles. The summed E-state index contributed by atoms with van der Waals surface area (Å²) in [5, 5.41) is 1.08. The molecule has 0 unspecified atom stereocenters. The molecule has 1 aromatic heterocycles. The van der Waals surface area contributed by atoms with E-state index in [0.29, 0.717) is 11.6 Å². The minimum Gasteiger partial charge on any atom is -0.279 e. The molecule has 1 saturated carbocycles. The fourth-order valence-corrected chi connectivity index (χ4v) is 3.38. The van der Waals surface area contributed by atoms with E-state index in [2.05, 4.69) is 22.6 Å². The molecule has 0 spiro atoms.